The van der Waals surface area contributed by atoms with Gasteiger partial charge in [0, 0.05) is 17.8 Å². The van der Waals surface area contributed by atoms with Gasteiger partial charge in [0.2, 0.25) is 5.78 Å². The molecule has 5 nitrogen and oxygen atoms in total. The SMILES string of the molecule is O=C(Cc1cn2ccsc2n1)OCC(=O)c1ccccc1F. The van der Waals surface area contributed by atoms with Crippen molar-refractivity contribution in [3.63, 3.8) is 0 Å². The fourth-order valence-corrected chi connectivity index (χ4v) is 2.69. The minimum atomic E-state index is -0.627. The van der Waals surface area contributed by atoms with E-state index in [-0.39, 0.29) is 12.0 Å². The largest absolute Gasteiger partial charge is 0.457 e. The van der Waals surface area contributed by atoms with Gasteiger partial charge in [-0.3, -0.25) is 14.0 Å². The summed E-state index contributed by atoms with van der Waals surface area (Å²) < 4.78 is 20.1. The normalized spacial score (nSPS) is 10.8. The van der Waals surface area contributed by atoms with Crippen LogP contribution in [0.3, 0.4) is 0 Å². The van der Waals surface area contributed by atoms with E-state index >= 15 is 0 Å². The Morgan fingerprint density at radius 2 is 2.14 bits per heavy atom. The minimum Gasteiger partial charge on any atom is -0.457 e. The molecule has 2 heterocycles. The molecule has 0 aliphatic carbocycles. The number of aromatic nitrogens is 2. The van der Waals surface area contributed by atoms with E-state index in [9.17, 15) is 14.0 Å². The monoisotopic (exact) mass is 318 g/mol. The molecule has 112 valence electrons. The van der Waals surface area contributed by atoms with Crippen molar-refractivity contribution in [1.82, 2.24) is 9.38 Å². The highest BCUT2D eigenvalue weighted by Crippen LogP contribution is 2.12. The van der Waals surface area contributed by atoms with Gasteiger partial charge in [0.1, 0.15) is 5.82 Å². The topological polar surface area (TPSA) is 60.7 Å². The zero-order valence-electron chi connectivity index (χ0n) is 11.4. The lowest BCUT2D eigenvalue weighted by Gasteiger charge is -2.04. The molecular weight excluding hydrogens is 307 g/mol. The number of rotatable bonds is 5. The second-order valence-corrected chi connectivity index (χ2v) is 5.44. The molecule has 3 rings (SSSR count). The third-order valence-corrected chi connectivity index (χ3v) is 3.78. The molecule has 1 aromatic carbocycles. The number of hydrogen-bond acceptors (Lipinski definition) is 5. The van der Waals surface area contributed by atoms with Gasteiger partial charge in [-0.2, -0.15) is 0 Å². The Kier molecular flexibility index (Phi) is 3.97. The fraction of sp³-hybridized carbons (Fsp3) is 0.133. The highest BCUT2D eigenvalue weighted by atomic mass is 32.1. The van der Waals surface area contributed by atoms with Crippen LogP contribution in [-0.2, 0) is 16.0 Å². The van der Waals surface area contributed by atoms with Crippen LogP contribution in [0.2, 0.25) is 0 Å². The zero-order valence-corrected chi connectivity index (χ0v) is 12.2. The van der Waals surface area contributed by atoms with Gasteiger partial charge < -0.3 is 4.74 Å². The van der Waals surface area contributed by atoms with E-state index in [2.05, 4.69) is 4.98 Å². The van der Waals surface area contributed by atoms with Crippen molar-refractivity contribution >= 4 is 28.1 Å². The second kappa shape index (κ2) is 6.07. The smallest absolute Gasteiger partial charge is 0.312 e. The molecule has 0 aliphatic rings. The van der Waals surface area contributed by atoms with Gasteiger partial charge in [0.05, 0.1) is 17.7 Å². The summed E-state index contributed by atoms with van der Waals surface area (Å²) in [6.07, 6.45) is 3.54. The number of hydrogen-bond donors (Lipinski definition) is 0. The molecule has 0 spiro atoms. The lowest BCUT2D eigenvalue weighted by molar-refractivity contribution is -0.141. The van der Waals surface area contributed by atoms with Gasteiger partial charge >= 0.3 is 5.97 Å². The maximum absolute atomic E-state index is 13.4. The van der Waals surface area contributed by atoms with E-state index in [0.29, 0.717) is 5.69 Å². The number of nitrogens with zero attached hydrogens (tertiary/aromatic N) is 2. The molecule has 0 saturated heterocycles. The molecule has 0 unspecified atom stereocenters. The van der Waals surface area contributed by atoms with E-state index in [4.69, 9.17) is 4.74 Å². The van der Waals surface area contributed by atoms with Crippen LogP contribution < -0.4 is 0 Å². The van der Waals surface area contributed by atoms with Crippen molar-refractivity contribution in [2.45, 2.75) is 6.42 Å². The summed E-state index contributed by atoms with van der Waals surface area (Å²) in [4.78, 5) is 28.5. The summed E-state index contributed by atoms with van der Waals surface area (Å²) in [5, 5.41) is 1.89. The third-order valence-electron chi connectivity index (χ3n) is 3.01. The minimum absolute atomic E-state index is 0.0288. The first-order valence-corrected chi connectivity index (χ1v) is 7.36. The summed E-state index contributed by atoms with van der Waals surface area (Å²) in [6, 6.07) is 5.58. The molecule has 0 N–H and O–H groups in total. The van der Waals surface area contributed by atoms with Gasteiger partial charge in [-0.15, -0.1) is 11.3 Å². The van der Waals surface area contributed by atoms with E-state index in [1.807, 2.05) is 11.6 Å². The average molecular weight is 318 g/mol. The van der Waals surface area contributed by atoms with Crippen molar-refractivity contribution in [2.75, 3.05) is 6.61 Å². The van der Waals surface area contributed by atoms with Crippen molar-refractivity contribution in [3.8, 4) is 0 Å². The Hall–Kier alpha value is -2.54. The average Bonchev–Trinajstić information content (AvgIpc) is 3.06. The van der Waals surface area contributed by atoms with Gasteiger partial charge in [-0.25, -0.2) is 9.37 Å². The first-order chi connectivity index (χ1) is 10.6. The number of ether oxygens (including phenoxy) is 1. The summed E-state index contributed by atoms with van der Waals surface area (Å²) >= 11 is 1.46. The quantitative estimate of drug-likeness (QED) is 0.536. The summed E-state index contributed by atoms with van der Waals surface area (Å²) in [7, 11) is 0. The lowest BCUT2D eigenvalue weighted by Crippen LogP contribution is -2.16. The Labute approximate surface area is 129 Å². The molecule has 0 amide bonds. The van der Waals surface area contributed by atoms with Gasteiger partial charge in [0.15, 0.2) is 11.6 Å². The van der Waals surface area contributed by atoms with Crippen molar-refractivity contribution in [2.24, 2.45) is 0 Å². The molecule has 0 bridgehead atoms. The van der Waals surface area contributed by atoms with Crippen molar-refractivity contribution in [3.05, 3.63) is 59.1 Å². The van der Waals surface area contributed by atoms with Crippen LogP contribution in [0.25, 0.3) is 4.96 Å². The molecule has 2 aromatic heterocycles. The second-order valence-electron chi connectivity index (χ2n) is 4.57. The van der Waals surface area contributed by atoms with Crippen LogP contribution in [0.1, 0.15) is 16.1 Å². The molecule has 0 saturated carbocycles. The van der Waals surface area contributed by atoms with Gasteiger partial charge in [-0.1, -0.05) is 12.1 Å². The molecule has 0 fully saturated rings. The number of Topliss-reactive ketones (excluding diaryl/α,β-unsaturated/α-hetero) is 1. The maximum atomic E-state index is 13.4. The molecule has 7 heteroatoms. The number of halogens is 1. The summed E-state index contributed by atoms with van der Waals surface area (Å²) in [5.74, 6) is -1.77. The highest BCUT2D eigenvalue weighted by molar-refractivity contribution is 7.15. The summed E-state index contributed by atoms with van der Waals surface area (Å²) in [5.41, 5.74) is 0.480. The highest BCUT2D eigenvalue weighted by Gasteiger charge is 2.15. The Morgan fingerprint density at radius 3 is 2.91 bits per heavy atom. The lowest BCUT2D eigenvalue weighted by atomic mass is 10.1. The zero-order chi connectivity index (χ0) is 15.5. The predicted octanol–water partition coefficient (Wildman–Crippen LogP) is 2.50. The number of esters is 1. The van der Waals surface area contributed by atoms with E-state index in [1.54, 1.807) is 16.7 Å². The van der Waals surface area contributed by atoms with Crippen molar-refractivity contribution < 1.29 is 18.7 Å². The number of carbonyl (C=O) groups is 2. The Balaban J connectivity index is 1.57. The van der Waals surface area contributed by atoms with Crippen LogP contribution in [0.5, 0.6) is 0 Å². The number of benzene rings is 1. The Bertz CT molecular complexity index is 812. The molecule has 0 radical (unpaired) electrons. The van der Waals surface area contributed by atoms with Crippen molar-refractivity contribution in [1.29, 1.82) is 0 Å². The predicted molar refractivity (Wildman–Crippen MR) is 78.5 cm³/mol. The van der Waals surface area contributed by atoms with Crippen LogP contribution in [0, 0.1) is 5.82 Å². The van der Waals surface area contributed by atoms with Crippen LogP contribution >= 0.6 is 11.3 Å². The number of thiazole rings is 1. The van der Waals surface area contributed by atoms with Crippen LogP contribution in [-0.4, -0.2) is 27.7 Å². The van der Waals surface area contributed by atoms with E-state index in [0.717, 1.165) is 4.96 Å². The molecule has 22 heavy (non-hydrogen) atoms. The van der Waals surface area contributed by atoms with E-state index in [1.165, 1.54) is 29.5 Å². The maximum Gasteiger partial charge on any atom is 0.312 e. The number of ketones is 1. The number of fused-ring (bicyclic) bond motifs is 1. The van der Waals surface area contributed by atoms with Crippen LogP contribution in [0.15, 0.2) is 42.0 Å². The van der Waals surface area contributed by atoms with E-state index < -0.39 is 24.2 Å². The third kappa shape index (κ3) is 3.04. The summed E-state index contributed by atoms with van der Waals surface area (Å²) in [6.45, 7) is -0.484. The molecule has 0 atom stereocenters. The fourth-order valence-electron chi connectivity index (χ4n) is 1.97. The van der Waals surface area contributed by atoms with Crippen LogP contribution in [0.4, 0.5) is 4.39 Å². The van der Waals surface area contributed by atoms with Gasteiger partial charge in [0.25, 0.3) is 0 Å². The first kappa shape index (κ1) is 14.4. The number of carbonyl (C=O) groups excluding carboxylic acids is 2. The first-order valence-electron chi connectivity index (χ1n) is 6.48. The Morgan fingerprint density at radius 1 is 1.32 bits per heavy atom. The molecule has 0 aliphatic heterocycles. The molecular formula is C15H11FN2O3S. The standard InChI is InChI=1S/C15H11FN2O3S/c16-12-4-2-1-3-11(12)13(19)9-21-14(20)7-10-8-18-5-6-22-15(18)17-10/h1-6,8H,7,9H2. The molecule has 3 aromatic rings. The van der Waals surface area contributed by atoms with Gasteiger partial charge in [-0.05, 0) is 12.1 Å². The number of imidazole rings is 1.